The smallest absolute Gasteiger partial charge is 0.335 e. The first-order valence-electron chi connectivity index (χ1n) is 11.6. The Balaban J connectivity index is 1.91. The number of esters is 1. The second kappa shape index (κ2) is 11.3. The average Bonchev–Trinajstić information content (AvgIpc) is 3.19. The molecule has 2 heterocycles. The van der Waals surface area contributed by atoms with Crippen LogP contribution in [0.3, 0.4) is 0 Å². The summed E-state index contributed by atoms with van der Waals surface area (Å²) in [5.41, 5.74) is 0.822. The normalized spacial score (nSPS) is 41.8. The van der Waals surface area contributed by atoms with Gasteiger partial charge in [0.05, 0.1) is 24.7 Å². The maximum atomic E-state index is 12.7. The van der Waals surface area contributed by atoms with E-state index in [2.05, 4.69) is 0 Å². The van der Waals surface area contributed by atoms with Gasteiger partial charge in [0.2, 0.25) is 0 Å². The van der Waals surface area contributed by atoms with Crippen LogP contribution in [0.15, 0.2) is 11.6 Å². The second-order valence-corrected chi connectivity index (χ2v) is 9.56. The number of fused-ring (bicyclic) bond motifs is 1. The van der Waals surface area contributed by atoms with Gasteiger partial charge in [0.15, 0.2) is 12.4 Å². The molecule has 0 aromatic carbocycles. The van der Waals surface area contributed by atoms with Gasteiger partial charge < -0.3 is 44.5 Å². The Bertz CT molecular complexity index is 827. The number of ether oxygens (including phenoxy) is 4. The van der Waals surface area contributed by atoms with Gasteiger partial charge in [-0.15, -0.1) is 0 Å². The summed E-state index contributed by atoms with van der Waals surface area (Å²) in [6.45, 7) is 3.88. The maximum absolute atomic E-state index is 12.7. The van der Waals surface area contributed by atoms with E-state index in [-0.39, 0.29) is 24.9 Å². The Hall–Kier alpha value is -2.09. The van der Waals surface area contributed by atoms with Crippen molar-refractivity contribution >= 4 is 17.9 Å². The number of hydrogen-bond acceptors (Lipinski definition) is 10. The molecule has 0 amide bonds. The summed E-state index contributed by atoms with van der Waals surface area (Å²) in [5.74, 6) is -4.56. The standard InChI is InChI=1S/C23H34O12/c1-9(5-7-13(24)25)4-6-11-18(32-3)10(2)12-8-33-22(31)14(12)19(11)34-23-17(28)15(26)16(27)20(35-23)21(29)30/h4,10-12,14-20,23,26-28H,5-8H2,1-3H3,(H,24,25)(H,29,30)/b9-4+. The van der Waals surface area contributed by atoms with Gasteiger partial charge in [0.1, 0.15) is 18.3 Å². The SMILES string of the molecule is COC1C(C)C2COC(=O)C2C(OC2OC(C(=O)O)C(O)C(O)C2O)C1C/C=C(\C)CCC(=O)O. The van der Waals surface area contributed by atoms with Crippen molar-refractivity contribution in [1.82, 2.24) is 0 Å². The second-order valence-electron chi connectivity index (χ2n) is 9.56. The van der Waals surface area contributed by atoms with Gasteiger partial charge in [-0.05, 0) is 25.7 Å². The van der Waals surface area contributed by atoms with Gasteiger partial charge in [0.25, 0.3) is 0 Å². The Morgan fingerprint density at radius 1 is 1.09 bits per heavy atom. The molecule has 0 spiro atoms. The molecular weight excluding hydrogens is 468 g/mol. The molecule has 2 saturated heterocycles. The van der Waals surface area contributed by atoms with Crippen molar-refractivity contribution in [2.75, 3.05) is 13.7 Å². The van der Waals surface area contributed by atoms with Gasteiger partial charge in [-0.3, -0.25) is 9.59 Å². The van der Waals surface area contributed by atoms with Crippen molar-refractivity contribution in [2.45, 2.75) is 76.0 Å². The van der Waals surface area contributed by atoms with Gasteiger partial charge >= 0.3 is 17.9 Å². The van der Waals surface area contributed by atoms with Gasteiger partial charge in [-0.2, -0.15) is 0 Å². The van der Waals surface area contributed by atoms with Crippen molar-refractivity contribution < 1.29 is 58.9 Å². The fourth-order valence-corrected chi connectivity index (χ4v) is 5.40. The molecule has 0 aromatic heterocycles. The summed E-state index contributed by atoms with van der Waals surface area (Å²) >= 11 is 0. The fourth-order valence-electron chi connectivity index (χ4n) is 5.40. The van der Waals surface area contributed by atoms with Crippen LogP contribution in [0.4, 0.5) is 0 Å². The fraction of sp³-hybridized carbons (Fsp3) is 0.783. The lowest BCUT2D eigenvalue weighted by atomic mass is 9.65. The van der Waals surface area contributed by atoms with Crippen LogP contribution in [0.1, 0.15) is 33.1 Å². The van der Waals surface area contributed by atoms with Crippen LogP contribution in [0.2, 0.25) is 0 Å². The quantitative estimate of drug-likeness (QED) is 0.202. The first-order chi connectivity index (χ1) is 16.5. The molecular formula is C23H34O12. The molecule has 0 bridgehead atoms. The molecule has 198 valence electrons. The number of methoxy groups -OCH3 is 1. The summed E-state index contributed by atoms with van der Waals surface area (Å²) in [6.07, 6.45) is -7.84. The average molecular weight is 503 g/mol. The summed E-state index contributed by atoms with van der Waals surface area (Å²) < 4.78 is 22.4. The van der Waals surface area contributed by atoms with E-state index in [1.807, 2.05) is 13.0 Å². The van der Waals surface area contributed by atoms with Gasteiger partial charge in [-0.1, -0.05) is 18.6 Å². The van der Waals surface area contributed by atoms with Crippen molar-refractivity contribution in [3.63, 3.8) is 0 Å². The number of carboxylic acid groups (broad SMARTS) is 2. The summed E-state index contributed by atoms with van der Waals surface area (Å²) in [6, 6.07) is 0. The minimum absolute atomic E-state index is 0.0348. The molecule has 5 N–H and O–H groups in total. The highest BCUT2D eigenvalue weighted by Crippen LogP contribution is 2.47. The van der Waals surface area contributed by atoms with Gasteiger partial charge in [-0.25, -0.2) is 4.79 Å². The molecule has 3 rings (SSSR count). The molecule has 12 nitrogen and oxygen atoms in total. The van der Waals surface area contributed by atoms with E-state index in [1.54, 1.807) is 6.92 Å². The number of rotatable bonds is 9. The number of aliphatic carboxylic acids is 2. The topological polar surface area (TPSA) is 189 Å². The molecule has 3 fully saturated rings. The number of carbonyl (C=O) groups excluding carboxylic acids is 1. The number of carbonyl (C=O) groups is 3. The molecule has 11 atom stereocenters. The molecule has 12 heteroatoms. The highest BCUT2D eigenvalue weighted by atomic mass is 16.7. The van der Waals surface area contributed by atoms with Crippen LogP contribution >= 0.6 is 0 Å². The van der Waals surface area contributed by atoms with Crippen LogP contribution in [-0.4, -0.2) is 100 Å². The number of hydrogen-bond donors (Lipinski definition) is 5. The molecule has 1 aliphatic carbocycles. The van der Waals surface area contributed by atoms with Crippen LogP contribution in [0.25, 0.3) is 0 Å². The van der Waals surface area contributed by atoms with E-state index in [0.29, 0.717) is 12.8 Å². The van der Waals surface area contributed by atoms with E-state index >= 15 is 0 Å². The molecule has 35 heavy (non-hydrogen) atoms. The highest BCUT2D eigenvalue weighted by Gasteiger charge is 2.58. The molecule has 0 aromatic rings. The lowest BCUT2D eigenvalue weighted by Crippen LogP contribution is -2.63. The van der Waals surface area contributed by atoms with Crippen molar-refractivity contribution in [2.24, 2.45) is 23.7 Å². The molecule has 3 aliphatic rings. The van der Waals surface area contributed by atoms with E-state index in [4.69, 9.17) is 24.1 Å². The van der Waals surface area contributed by atoms with Crippen molar-refractivity contribution in [3.8, 4) is 0 Å². The van der Waals surface area contributed by atoms with Crippen LogP contribution in [0.5, 0.6) is 0 Å². The van der Waals surface area contributed by atoms with E-state index in [0.717, 1.165) is 5.57 Å². The lowest BCUT2D eigenvalue weighted by molar-refractivity contribution is -0.318. The number of cyclic esters (lactones) is 1. The van der Waals surface area contributed by atoms with E-state index < -0.39 is 72.7 Å². The Kier molecular flexibility index (Phi) is 8.89. The minimum Gasteiger partial charge on any atom is -0.481 e. The Morgan fingerprint density at radius 2 is 1.77 bits per heavy atom. The van der Waals surface area contributed by atoms with Crippen LogP contribution in [-0.2, 0) is 33.3 Å². The number of allylic oxidation sites excluding steroid dienone is 2. The zero-order valence-corrected chi connectivity index (χ0v) is 19.9. The summed E-state index contributed by atoms with van der Waals surface area (Å²) in [5, 5.41) is 48.9. The third-order valence-corrected chi connectivity index (χ3v) is 7.39. The molecule has 0 radical (unpaired) electrons. The summed E-state index contributed by atoms with van der Waals surface area (Å²) in [7, 11) is 1.52. The largest absolute Gasteiger partial charge is 0.481 e. The monoisotopic (exact) mass is 502 g/mol. The number of aliphatic hydroxyl groups is 3. The number of carboxylic acids is 2. The zero-order valence-electron chi connectivity index (χ0n) is 19.9. The highest BCUT2D eigenvalue weighted by molar-refractivity contribution is 5.76. The number of aliphatic hydroxyl groups excluding tert-OH is 3. The predicted octanol–water partition coefficient (Wildman–Crippen LogP) is -0.465. The van der Waals surface area contributed by atoms with Crippen LogP contribution in [0, 0.1) is 23.7 Å². The maximum Gasteiger partial charge on any atom is 0.335 e. The molecule has 1 saturated carbocycles. The van der Waals surface area contributed by atoms with E-state index in [1.165, 1.54) is 7.11 Å². The predicted molar refractivity (Wildman–Crippen MR) is 116 cm³/mol. The molecule has 2 aliphatic heterocycles. The van der Waals surface area contributed by atoms with Crippen LogP contribution < -0.4 is 0 Å². The third kappa shape index (κ3) is 5.68. The van der Waals surface area contributed by atoms with Crippen molar-refractivity contribution in [3.05, 3.63) is 11.6 Å². The Labute approximate surface area is 202 Å². The molecule has 11 unspecified atom stereocenters. The minimum atomic E-state index is -1.87. The van der Waals surface area contributed by atoms with E-state index in [9.17, 15) is 34.8 Å². The first kappa shape index (κ1) is 27.5. The first-order valence-corrected chi connectivity index (χ1v) is 11.6. The van der Waals surface area contributed by atoms with Crippen molar-refractivity contribution in [1.29, 1.82) is 0 Å². The summed E-state index contributed by atoms with van der Waals surface area (Å²) in [4.78, 5) is 35.1. The third-order valence-electron chi connectivity index (χ3n) is 7.39. The Morgan fingerprint density at radius 3 is 2.37 bits per heavy atom. The lowest BCUT2D eigenvalue weighted by Gasteiger charge is -2.48. The van der Waals surface area contributed by atoms with Gasteiger partial charge in [0, 0.05) is 25.4 Å². The zero-order chi connectivity index (χ0) is 26.0.